The van der Waals surface area contributed by atoms with Crippen LogP contribution in [0.2, 0.25) is 0 Å². The molecule has 1 aromatic rings. The number of nitrogens with zero attached hydrogens (tertiary/aromatic N) is 2. The highest BCUT2D eigenvalue weighted by atomic mass is 32.2. The second kappa shape index (κ2) is 4.93. The van der Waals surface area contributed by atoms with E-state index in [1.165, 1.54) is 19.5 Å². The second-order valence-corrected chi connectivity index (χ2v) is 5.11. The molecule has 0 saturated heterocycles. The lowest BCUT2D eigenvalue weighted by Gasteiger charge is -2.02. The predicted molar refractivity (Wildman–Crippen MR) is 60.2 cm³/mol. The van der Waals surface area contributed by atoms with Crippen LogP contribution in [0.1, 0.15) is 12.6 Å². The van der Waals surface area contributed by atoms with Crippen LogP contribution in [0.5, 0.6) is 5.88 Å². The largest absolute Gasteiger partial charge is 0.480 e. The van der Waals surface area contributed by atoms with Gasteiger partial charge in [-0.25, -0.2) is 18.4 Å². The van der Waals surface area contributed by atoms with Crippen molar-refractivity contribution in [3.05, 3.63) is 23.5 Å². The van der Waals surface area contributed by atoms with Crippen LogP contribution in [0.15, 0.2) is 17.8 Å². The highest BCUT2D eigenvalue weighted by Gasteiger charge is 2.07. The van der Waals surface area contributed by atoms with E-state index in [1.807, 2.05) is 0 Å². The normalized spacial score (nSPS) is 12.5. The highest BCUT2D eigenvalue weighted by Crippen LogP contribution is 2.09. The molecule has 7 heteroatoms. The van der Waals surface area contributed by atoms with Gasteiger partial charge in [-0.2, -0.15) is 0 Å². The van der Waals surface area contributed by atoms with Gasteiger partial charge in [-0.15, -0.1) is 0 Å². The van der Waals surface area contributed by atoms with Gasteiger partial charge in [0.25, 0.3) is 0 Å². The Hall–Kier alpha value is -1.63. The molecule has 0 saturated carbocycles. The van der Waals surface area contributed by atoms with Gasteiger partial charge in [0.1, 0.15) is 5.69 Å². The van der Waals surface area contributed by atoms with Crippen LogP contribution < -0.4 is 10.5 Å². The lowest BCUT2D eigenvalue weighted by Crippen LogP contribution is -2.06. The fourth-order valence-corrected chi connectivity index (χ4v) is 1.58. The molecule has 0 radical (unpaired) electrons. The van der Waals surface area contributed by atoms with Gasteiger partial charge < -0.3 is 10.5 Å². The fourth-order valence-electron chi connectivity index (χ4n) is 0.908. The van der Waals surface area contributed by atoms with Crippen LogP contribution in [0.4, 0.5) is 0 Å². The molecule has 1 rings (SSSR count). The van der Waals surface area contributed by atoms with E-state index in [1.54, 1.807) is 6.92 Å². The molecule has 2 N–H and O–H groups in total. The van der Waals surface area contributed by atoms with Crippen LogP contribution in [0, 0.1) is 0 Å². The van der Waals surface area contributed by atoms with E-state index in [0.717, 1.165) is 5.41 Å². The van der Waals surface area contributed by atoms with Gasteiger partial charge in [0.2, 0.25) is 5.88 Å². The van der Waals surface area contributed by atoms with Crippen molar-refractivity contribution >= 4 is 15.5 Å². The quantitative estimate of drug-likeness (QED) is 0.810. The van der Waals surface area contributed by atoms with Gasteiger partial charge in [-0.3, -0.25) is 0 Å². The average Bonchev–Trinajstić information content (AvgIpc) is 2.28. The number of ether oxygens (including phenoxy) is 1. The molecule has 0 fully saturated rings. The SMILES string of the molecule is CCS(=O)(=O)C=C(N)c1cnc(OC)cn1. The summed E-state index contributed by atoms with van der Waals surface area (Å²) in [5, 5.41) is 0.990. The minimum absolute atomic E-state index is 0.00270. The third kappa shape index (κ3) is 3.20. The Morgan fingerprint density at radius 2 is 2.19 bits per heavy atom. The number of aromatic nitrogens is 2. The fraction of sp³-hybridized carbons (Fsp3) is 0.333. The zero-order chi connectivity index (χ0) is 12.2. The Kier molecular flexibility index (Phi) is 3.83. The molecule has 1 heterocycles. The van der Waals surface area contributed by atoms with Crippen LogP contribution in [-0.2, 0) is 9.84 Å². The summed E-state index contributed by atoms with van der Waals surface area (Å²) in [6, 6.07) is 0. The van der Waals surface area contributed by atoms with Gasteiger partial charge in [0.05, 0.1) is 36.4 Å². The molecular formula is C9H13N3O3S. The molecule has 16 heavy (non-hydrogen) atoms. The lowest BCUT2D eigenvalue weighted by atomic mass is 10.4. The van der Waals surface area contributed by atoms with Crippen molar-refractivity contribution in [1.29, 1.82) is 0 Å². The summed E-state index contributed by atoms with van der Waals surface area (Å²) < 4.78 is 27.4. The molecule has 0 aliphatic rings. The number of hydrogen-bond donors (Lipinski definition) is 1. The predicted octanol–water partition coefficient (Wildman–Crippen LogP) is 0.177. The van der Waals surface area contributed by atoms with Crippen molar-refractivity contribution in [2.75, 3.05) is 12.9 Å². The summed E-state index contributed by atoms with van der Waals surface area (Å²) in [6.45, 7) is 1.54. The number of rotatable bonds is 4. The second-order valence-electron chi connectivity index (χ2n) is 2.97. The molecule has 0 bridgehead atoms. The first-order valence-electron chi connectivity index (χ1n) is 4.55. The third-order valence-corrected chi connectivity index (χ3v) is 3.26. The molecule has 88 valence electrons. The molecule has 0 amide bonds. The Bertz CT molecular complexity index is 479. The number of nitrogens with two attached hydrogens (primary N) is 1. The monoisotopic (exact) mass is 243 g/mol. The van der Waals surface area contributed by atoms with E-state index in [4.69, 9.17) is 10.5 Å². The number of methoxy groups -OCH3 is 1. The van der Waals surface area contributed by atoms with Crippen molar-refractivity contribution in [3.8, 4) is 5.88 Å². The summed E-state index contributed by atoms with van der Waals surface area (Å²) in [5.41, 5.74) is 5.96. The molecular weight excluding hydrogens is 230 g/mol. The first-order chi connectivity index (χ1) is 7.48. The van der Waals surface area contributed by atoms with Crippen LogP contribution in [-0.4, -0.2) is 31.2 Å². The molecule has 1 aromatic heterocycles. The van der Waals surface area contributed by atoms with Crippen molar-refractivity contribution in [2.45, 2.75) is 6.92 Å². The topological polar surface area (TPSA) is 95.2 Å². The van der Waals surface area contributed by atoms with Crippen molar-refractivity contribution in [2.24, 2.45) is 5.73 Å². The molecule has 0 atom stereocenters. The van der Waals surface area contributed by atoms with Crippen LogP contribution in [0.3, 0.4) is 0 Å². The lowest BCUT2D eigenvalue weighted by molar-refractivity contribution is 0.395. The van der Waals surface area contributed by atoms with Crippen LogP contribution in [0.25, 0.3) is 5.70 Å². The first kappa shape index (κ1) is 12.4. The summed E-state index contributed by atoms with van der Waals surface area (Å²) in [5.74, 6) is 0.340. The summed E-state index contributed by atoms with van der Waals surface area (Å²) >= 11 is 0. The minimum atomic E-state index is -3.27. The number of hydrogen-bond acceptors (Lipinski definition) is 6. The Morgan fingerprint density at radius 1 is 1.50 bits per heavy atom. The zero-order valence-electron chi connectivity index (χ0n) is 9.04. The van der Waals surface area contributed by atoms with Crippen molar-refractivity contribution in [3.63, 3.8) is 0 Å². The number of sulfone groups is 1. The maximum absolute atomic E-state index is 11.3. The summed E-state index contributed by atoms with van der Waals surface area (Å²) in [4.78, 5) is 7.80. The van der Waals surface area contributed by atoms with E-state index >= 15 is 0 Å². The van der Waals surface area contributed by atoms with Gasteiger partial charge in [0.15, 0.2) is 9.84 Å². The summed E-state index contributed by atoms with van der Waals surface area (Å²) in [7, 11) is -1.81. The molecule has 6 nitrogen and oxygen atoms in total. The van der Waals surface area contributed by atoms with Gasteiger partial charge in [-0.1, -0.05) is 6.92 Å². The van der Waals surface area contributed by atoms with Crippen molar-refractivity contribution < 1.29 is 13.2 Å². The Morgan fingerprint density at radius 3 is 2.62 bits per heavy atom. The smallest absolute Gasteiger partial charge is 0.232 e. The Labute approximate surface area is 94.1 Å². The highest BCUT2D eigenvalue weighted by molar-refractivity contribution is 7.94. The first-order valence-corrected chi connectivity index (χ1v) is 6.26. The van der Waals surface area contributed by atoms with E-state index in [-0.39, 0.29) is 11.4 Å². The molecule has 0 aliphatic carbocycles. The summed E-state index contributed by atoms with van der Waals surface area (Å²) in [6.07, 6.45) is 2.73. The maximum Gasteiger partial charge on any atom is 0.232 e. The van der Waals surface area contributed by atoms with Gasteiger partial charge in [-0.05, 0) is 0 Å². The van der Waals surface area contributed by atoms with Crippen LogP contribution >= 0.6 is 0 Å². The van der Waals surface area contributed by atoms with E-state index < -0.39 is 9.84 Å². The van der Waals surface area contributed by atoms with E-state index in [0.29, 0.717) is 11.6 Å². The third-order valence-electron chi connectivity index (χ3n) is 1.84. The molecule has 0 spiro atoms. The van der Waals surface area contributed by atoms with E-state index in [9.17, 15) is 8.42 Å². The molecule has 0 aromatic carbocycles. The van der Waals surface area contributed by atoms with Gasteiger partial charge in [0, 0.05) is 0 Å². The maximum atomic E-state index is 11.3. The van der Waals surface area contributed by atoms with Gasteiger partial charge >= 0.3 is 0 Å². The average molecular weight is 243 g/mol. The standard InChI is InChI=1S/C9H13N3O3S/c1-3-16(13,14)6-7(10)8-4-12-9(15-2)5-11-8/h4-6H,3,10H2,1-2H3. The molecule has 0 aliphatic heterocycles. The Balaban J connectivity index is 3.01. The van der Waals surface area contributed by atoms with Crippen molar-refractivity contribution in [1.82, 2.24) is 9.97 Å². The van der Waals surface area contributed by atoms with E-state index in [2.05, 4.69) is 9.97 Å². The minimum Gasteiger partial charge on any atom is -0.480 e. The molecule has 0 unspecified atom stereocenters. The zero-order valence-corrected chi connectivity index (χ0v) is 9.86.